The number of carbonyl (C=O) groups excluding carboxylic acids is 1. The molecule has 0 amide bonds. The highest BCUT2D eigenvalue weighted by molar-refractivity contribution is 5.96. The first-order chi connectivity index (χ1) is 10.1. The van der Waals surface area contributed by atoms with Gasteiger partial charge in [0.2, 0.25) is 0 Å². The third kappa shape index (κ3) is 2.31. The van der Waals surface area contributed by atoms with Gasteiger partial charge in [0.05, 0.1) is 30.4 Å². The van der Waals surface area contributed by atoms with E-state index in [1.807, 2.05) is 16.7 Å². The van der Waals surface area contributed by atoms with Gasteiger partial charge in [0.15, 0.2) is 0 Å². The van der Waals surface area contributed by atoms with Gasteiger partial charge in [-0.25, -0.2) is 9.78 Å². The number of hydrogen-bond donors (Lipinski definition) is 0. The zero-order valence-electron chi connectivity index (χ0n) is 12.7. The van der Waals surface area contributed by atoms with Crippen molar-refractivity contribution in [3.63, 3.8) is 0 Å². The molecule has 1 aliphatic rings. The monoisotopic (exact) mass is 287 g/mol. The molecule has 0 spiro atoms. The van der Waals surface area contributed by atoms with E-state index in [0.29, 0.717) is 17.6 Å². The Morgan fingerprint density at radius 2 is 2.29 bits per heavy atom. The summed E-state index contributed by atoms with van der Waals surface area (Å²) in [5.74, 6) is 0.696. The fraction of sp³-hybridized carbons (Fsp3) is 0.500. The topological polar surface area (TPSA) is 46.8 Å². The summed E-state index contributed by atoms with van der Waals surface area (Å²) in [6, 6.07) is 4.47. The molecule has 1 saturated heterocycles. The smallest absolute Gasteiger partial charge is 0.340 e. The second-order valence-electron chi connectivity index (χ2n) is 5.77. The van der Waals surface area contributed by atoms with Crippen molar-refractivity contribution in [2.75, 3.05) is 13.7 Å². The Morgan fingerprint density at radius 1 is 1.48 bits per heavy atom. The van der Waals surface area contributed by atoms with Crippen molar-refractivity contribution in [1.82, 2.24) is 14.3 Å². The molecule has 0 aromatic carbocycles. The maximum absolute atomic E-state index is 11.9. The molecule has 1 fully saturated rings. The number of methoxy groups -OCH3 is 1. The number of ether oxygens (including phenoxy) is 1. The second kappa shape index (κ2) is 5.48. The fourth-order valence-corrected chi connectivity index (χ4v) is 3.26. The lowest BCUT2D eigenvalue weighted by Crippen LogP contribution is -2.31. The van der Waals surface area contributed by atoms with Crippen LogP contribution in [-0.2, 0) is 4.74 Å². The van der Waals surface area contributed by atoms with Crippen molar-refractivity contribution in [2.24, 2.45) is 0 Å². The summed E-state index contributed by atoms with van der Waals surface area (Å²) in [7, 11) is 1.40. The molecule has 1 atom stereocenters. The van der Waals surface area contributed by atoms with Crippen LogP contribution in [0.1, 0.15) is 48.9 Å². The highest BCUT2D eigenvalue weighted by Crippen LogP contribution is 2.33. The van der Waals surface area contributed by atoms with Gasteiger partial charge >= 0.3 is 5.97 Å². The van der Waals surface area contributed by atoms with Gasteiger partial charge in [-0.2, -0.15) is 0 Å². The number of likely N-dealkylation sites (tertiary alicyclic amines) is 1. The van der Waals surface area contributed by atoms with Crippen molar-refractivity contribution in [3.8, 4) is 0 Å². The molecule has 0 saturated carbocycles. The Morgan fingerprint density at radius 3 is 3.00 bits per heavy atom. The molecular weight excluding hydrogens is 266 g/mol. The molecule has 5 heteroatoms. The predicted octanol–water partition coefficient (Wildman–Crippen LogP) is 2.67. The maximum atomic E-state index is 11.9. The molecule has 0 bridgehead atoms. The number of carbonyl (C=O) groups is 1. The van der Waals surface area contributed by atoms with Gasteiger partial charge in [-0.15, -0.1) is 0 Å². The Labute approximate surface area is 124 Å². The van der Waals surface area contributed by atoms with Crippen LogP contribution in [-0.4, -0.2) is 40.0 Å². The van der Waals surface area contributed by atoms with Crippen LogP contribution in [0.15, 0.2) is 24.5 Å². The predicted molar refractivity (Wildman–Crippen MR) is 80.3 cm³/mol. The first kappa shape index (κ1) is 14.1. The van der Waals surface area contributed by atoms with E-state index in [9.17, 15) is 4.79 Å². The van der Waals surface area contributed by atoms with E-state index >= 15 is 0 Å². The van der Waals surface area contributed by atoms with Gasteiger partial charge in [-0.3, -0.25) is 4.90 Å². The van der Waals surface area contributed by atoms with Gasteiger partial charge in [-0.1, -0.05) is 0 Å². The van der Waals surface area contributed by atoms with Crippen LogP contribution in [0.4, 0.5) is 0 Å². The Kier molecular flexibility index (Phi) is 3.68. The number of nitrogens with zero attached hydrogens (tertiary/aromatic N) is 3. The first-order valence-corrected chi connectivity index (χ1v) is 7.43. The number of hydrogen-bond acceptors (Lipinski definition) is 4. The molecule has 2 aromatic rings. The van der Waals surface area contributed by atoms with Gasteiger partial charge in [-0.05, 0) is 45.4 Å². The normalized spacial score (nSPS) is 19.5. The van der Waals surface area contributed by atoms with Crippen molar-refractivity contribution in [2.45, 2.75) is 38.8 Å². The number of rotatable bonds is 3. The molecule has 0 N–H and O–H groups in total. The van der Waals surface area contributed by atoms with Gasteiger partial charge < -0.3 is 9.14 Å². The molecule has 0 radical (unpaired) electrons. The van der Waals surface area contributed by atoms with Crippen LogP contribution in [0.2, 0.25) is 0 Å². The minimum Gasteiger partial charge on any atom is -0.465 e. The lowest BCUT2D eigenvalue weighted by molar-refractivity contribution is 0.0602. The standard InChI is InChI=1S/C16H21N3O2/c1-11(2)18-8-5-7-13(18)15-17-10-14-12(16(20)21-3)6-4-9-19(14)15/h4,6,9-11,13H,5,7-8H2,1-3H3. The minimum atomic E-state index is -0.320. The van der Waals surface area contributed by atoms with E-state index < -0.39 is 0 Å². The number of fused-ring (bicyclic) bond motifs is 1. The zero-order valence-corrected chi connectivity index (χ0v) is 12.7. The Balaban J connectivity index is 2.07. The van der Waals surface area contributed by atoms with E-state index in [1.165, 1.54) is 13.5 Å². The summed E-state index contributed by atoms with van der Waals surface area (Å²) in [6.07, 6.45) is 6.05. The quantitative estimate of drug-likeness (QED) is 0.814. The average molecular weight is 287 g/mol. The van der Waals surface area contributed by atoms with Crippen LogP contribution >= 0.6 is 0 Å². The van der Waals surface area contributed by atoms with Crippen LogP contribution in [0.25, 0.3) is 5.52 Å². The van der Waals surface area contributed by atoms with E-state index in [0.717, 1.165) is 24.3 Å². The number of imidazole rings is 1. The van der Waals surface area contributed by atoms with Crippen LogP contribution in [0.3, 0.4) is 0 Å². The summed E-state index contributed by atoms with van der Waals surface area (Å²) in [5.41, 5.74) is 1.38. The second-order valence-corrected chi connectivity index (χ2v) is 5.77. The summed E-state index contributed by atoms with van der Waals surface area (Å²) in [6.45, 7) is 5.54. The van der Waals surface area contributed by atoms with E-state index in [2.05, 4.69) is 23.7 Å². The molecule has 5 nitrogen and oxygen atoms in total. The molecule has 21 heavy (non-hydrogen) atoms. The SMILES string of the molecule is COC(=O)c1cccn2c(C3CCCN3C(C)C)ncc12. The van der Waals surface area contributed by atoms with Crippen molar-refractivity contribution in [1.29, 1.82) is 0 Å². The van der Waals surface area contributed by atoms with Crippen LogP contribution in [0, 0.1) is 0 Å². The number of esters is 1. The maximum Gasteiger partial charge on any atom is 0.340 e. The lowest BCUT2D eigenvalue weighted by Gasteiger charge is -2.27. The zero-order chi connectivity index (χ0) is 15.0. The first-order valence-electron chi connectivity index (χ1n) is 7.43. The molecule has 3 heterocycles. The van der Waals surface area contributed by atoms with E-state index in [-0.39, 0.29) is 5.97 Å². The van der Waals surface area contributed by atoms with Crippen molar-refractivity contribution in [3.05, 3.63) is 35.9 Å². The molecule has 1 unspecified atom stereocenters. The largest absolute Gasteiger partial charge is 0.465 e. The van der Waals surface area contributed by atoms with Crippen LogP contribution in [0.5, 0.6) is 0 Å². The Hall–Kier alpha value is -1.88. The van der Waals surface area contributed by atoms with Crippen LogP contribution < -0.4 is 0 Å². The highest BCUT2D eigenvalue weighted by Gasteiger charge is 2.31. The third-order valence-electron chi connectivity index (χ3n) is 4.26. The van der Waals surface area contributed by atoms with E-state index in [4.69, 9.17) is 4.74 Å². The summed E-state index contributed by atoms with van der Waals surface area (Å²) < 4.78 is 6.87. The summed E-state index contributed by atoms with van der Waals surface area (Å²) in [5, 5.41) is 0. The molecule has 3 rings (SSSR count). The number of pyridine rings is 1. The molecule has 2 aromatic heterocycles. The summed E-state index contributed by atoms with van der Waals surface area (Å²) >= 11 is 0. The molecule has 112 valence electrons. The van der Waals surface area contributed by atoms with Crippen molar-refractivity contribution < 1.29 is 9.53 Å². The molecular formula is C16H21N3O2. The molecule has 1 aliphatic heterocycles. The van der Waals surface area contributed by atoms with Gasteiger partial charge in [0.25, 0.3) is 0 Å². The summed E-state index contributed by atoms with van der Waals surface area (Å²) in [4.78, 5) is 18.9. The van der Waals surface area contributed by atoms with E-state index in [1.54, 1.807) is 12.3 Å². The lowest BCUT2D eigenvalue weighted by atomic mass is 10.2. The third-order valence-corrected chi connectivity index (χ3v) is 4.26. The minimum absolute atomic E-state index is 0.320. The van der Waals surface area contributed by atoms with Gasteiger partial charge in [0.1, 0.15) is 5.82 Å². The van der Waals surface area contributed by atoms with Gasteiger partial charge in [0, 0.05) is 12.2 Å². The van der Waals surface area contributed by atoms with Crippen molar-refractivity contribution >= 4 is 11.5 Å². The fourth-order valence-electron chi connectivity index (χ4n) is 3.26. The number of aromatic nitrogens is 2. The average Bonchev–Trinajstić information content (AvgIpc) is 3.11. The Bertz CT molecular complexity index is 663. The highest BCUT2D eigenvalue weighted by atomic mass is 16.5. The molecule has 0 aliphatic carbocycles.